The molecule has 1 amide bonds. The van der Waals surface area contributed by atoms with Crippen LogP contribution in [-0.4, -0.2) is 23.1 Å². The summed E-state index contributed by atoms with van der Waals surface area (Å²) in [6, 6.07) is -0.584. The van der Waals surface area contributed by atoms with Gasteiger partial charge in [-0.15, -0.1) is 13.2 Å². The predicted octanol–water partition coefficient (Wildman–Crippen LogP) is 2.30. The van der Waals surface area contributed by atoms with E-state index in [4.69, 9.17) is 0 Å². The summed E-state index contributed by atoms with van der Waals surface area (Å²) >= 11 is 0. The van der Waals surface area contributed by atoms with Gasteiger partial charge in [0.2, 0.25) is 5.91 Å². The third-order valence-corrected chi connectivity index (χ3v) is 1.92. The summed E-state index contributed by atoms with van der Waals surface area (Å²) in [5, 5.41) is 0. The molecule has 13 heavy (non-hydrogen) atoms. The highest BCUT2D eigenvalue weighted by atomic mass is 19.4. The fourth-order valence-corrected chi connectivity index (χ4v) is 1.22. The minimum Gasteiger partial charge on any atom is -0.275 e. The lowest BCUT2D eigenvalue weighted by Crippen LogP contribution is -2.44. The van der Waals surface area contributed by atoms with Gasteiger partial charge in [-0.2, -0.15) is 0 Å². The fraction of sp³-hybridized carbons (Fsp3) is 0.875. The maximum Gasteiger partial charge on any atom is 0.487 e. The summed E-state index contributed by atoms with van der Waals surface area (Å²) in [4.78, 5) is 11.2. The van der Waals surface area contributed by atoms with E-state index in [0.717, 1.165) is 0 Å². The van der Waals surface area contributed by atoms with Crippen LogP contribution in [0.5, 0.6) is 0 Å². The van der Waals surface area contributed by atoms with Crippen LogP contribution >= 0.6 is 0 Å². The maximum atomic E-state index is 12.3. The molecule has 1 aliphatic carbocycles. The van der Waals surface area contributed by atoms with Crippen LogP contribution in [0.25, 0.3) is 0 Å². The molecule has 0 bridgehead atoms. The van der Waals surface area contributed by atoms with Crippen molar-refractivity contribution in [2.75, 3.05) is 0 Å². The van der Waals surface area contributed by atoms with Gasteiger partial charge in [0, 0.05) is 12.5 Å². The molecule has 0 atom stereocenters. The van der Waals surface area contributed by atoms with Crippen molar-refractivity contribution in [3.05, 3.63) is 0 Å². The second kappa shape index (κ2) is 3.55. The molecule has 1 saturated carbocycles. The van der Waals surface area contributed by atoms with Crippen molar-refractivity contribution in [1.29, 1.82) is 0 Å². The molecule has 0 heterocycles. The number of hydrogen-bond acceptors (Lipinski definition) is 1. The van der Waals surface area contributed by atoms with Crippen LogP contribution in [0, 0.1) is 0 Å². The number of halogens is 3. The Morgan fingerprint density at radius 1 is 1.46 bits per heavy atom. The van der Waals surface area contributed by atoms with Gasteiger partial charge in [0.15, 0.2) is 0 Å². The minimum absolute atomic E-state index is 0.0178. The molecule has 1 fully saturated rings. The van der Waals surface area contributed by atoms with Gasteiger partial charge in [-0.1, -0.05) is 6.92 Å². The van der Waals surface area contributed by atoms with Gasteiger partial charge in [-0.3, -0.25) is 9.69 Å². The Balaban J connectivity index is 2.62. The second-order valence-electron chi connectivity index (χ2n) is 3.21. The second-order valence-corrected chi connectivity index (χ2v) is 3.21. The predicted molar refractivity (Wildman–Crippen MR) is 40.8 cm³/mol. The molecule has 1 aliphatic rings. The molecule has 0 aliphatic heterocycles. The summed E-state index contributed by atoms with van der Waals surface area (Å²) in [5.74, 6) is -0.794. The normalized spacial score (nSPS) is 17.2. The van der Waals surface area contributed by atoms with E-state index in [-0.39, 0.29) is 11.3 Å². The molecule has 0 aromatic heterocycles. The molecule has 0 N–H and O–H groups in total. The van der Waals surface area contributed by atoms with E-state index in [1.54, 1.807) is 6.92 Å². The third-order valence-electron chi connectivity index (χ3n) is 1.92. The average molecular weight is 195 g/mol. The van der Waals surface area contributed by atoms with Crippen molar-refractivity contribution in [3.8, 4) is 0 Å². The van der Waals surface area contributed by atoms with Crippen LogP contribution < -0.4 is 0 Å². The first kappa shape index (κ1) is 10.3. The summed E-state index contributed by atoms with van der Waals surface area (Å²) in [5.41, 5.74) is 0. The van der Waals surface area contributed by atoms with Crippen molar-refractivity contribution < 1.29 is 18.0 Å². The molecule has 0 spiro atoms. The number of rotatable bonds is 3. The Morgan fingerprint density at radius 3 is 2.31 bits per heavy atom. The first-order valence-corrected chi connectivity index (χ1v) is 4.35. The highest BCUT2D eigenvalue weighted by Crippen LogP contribution is 2.36. The van der Waals surface area contributed by atoms with E-state index in [1.165, 1.54) is 0 Å². The van der Waals surface area contributed by atoms with Gasteiger partial charge in [0.05, 0.1) is 0 Å². The summed E-state index contributed by atoms with van der Waals surface area (Å²) in [6.45, 7) is 1.69. The van der Waals surface area contributed by atoms with Crippen molar-refractivity contribution in [3.63, 3.8) is 0 Å². The third kappa shape index (κ3) is 2.60. The van der Waals surface area contributed by atoms with E-state index in [2.05, 4.69) is 0 Å². The van der Waals surface area contributed by atoms with Crippen molar-refractivity contribution >= 4 is 5.91 Å². The Hall–Kier alpha value is -0.740. The average Bonchev–Trinajstić information content (AvgIpc) is 2.68. The van der Waals surface area contributed by atoms with Crippen LogP contribution in [0.2, 0.25) is 0 Å². The smallest absolute Gasteiger partial charge is 0.275 e. The number of hydrogen-bond donors (Lipinski definition) is 0. The number of carbonyl (C=O) groups is 1. The van der Waals surface area contributed by atoms with Crippen LogP contribution in [0.15, 0.2) is 0 Å². The van der Waals surface area contributed by atoms with Gasteiger partial charge in [-0.25, -0.2) is 0 Å². The summed E-state index contributed by atoms with van der Waals surface area (Å²) in [6.07, 6.45) is -3.09. The standard InChI is InChI=1S/C8H12F3NO/c1-2-3-7(13)12(6-4-5-6)8(9,10)11/h6H,2-5H2,1H3. The van der Waals surface area contributed by atoms with E-state index in [9.17, 15) is 18.0 Å². The highest BCUT2D eigenvalue weighted by molar-refractivity contribution is 5.77. The molecule has 1 rings (SSSR count). The lowest BCUT2D eigenvalue weighted by molar-refractivity contribution is -0.243. The zero-order valence-corrected chi connectivity index (χ0v) is 7.40. The van der Waals surface area contributed by atoms with Crippen LogP contribution in [-0.2, 0) is 4.79 Å². The molecular weight excluding hydrogens is 183 g/mol. The van der Waals surface area contributed by atoms with Crippen molar-refractivity contribution in [2.45, 2.75) is 44.9 Å². The first-order valence-electron chi connectivity index (χ1n) is 4.35. The number of nitrogens with zero attached hydrogens (tertiary/aromatic N) is 1. The molecule has 0 radical (unpaired) electrons. The van der Waals surface area contributed by atoms with Crippen LogP contribution in [0.3, 0.4) is 0 Å². The highest BCUT2D eigenvalue weighted by Gasteiger charge is 2.48. The maximum absolute atomic E-state index is 12.3. The Morgan fingerprint density at radius 2 is 2.00 bits per heavy atom. The molecular formula is C8H12F3NO. The van der Waals surface area contributed by atoms with E-state index >= 15 is 0 Å². The summed E-state index contributed by atoms with van der Waals surface area (Å²) < 4.78 is 36.9. The van der Waals surface area contributed by atoms with Crippen LogP contribution in [0.4, 0.5) is 13.2 Å². The van der Waals surface area contributed by atoms with E-state index in [1.807, 2.05) is 0 Å². The lowest BCUT2D eigenvalue weighted by atomic mass is 10.3. The first-order chi connectivity index (χ1) is 5.96. The lowest BCUT2D eigenvalue weighted by Gasteiger charge is -2.24. The molecule has 5 heteroatoms. The summed E-state index contributed by atoms with van der Waals surface area (Å²) in [7, 11) is 0. The zero-order valence-electron chi connectivity index (χ0n) is 7.40. The Bertz CT molecular complexity index is 198. The molecule has 0 aromatic rings. The van der Waals surface area contributed by atoms with Crippen LogP contribution in [0.1, 0.15) is 32.6 Å². The SMILES string of the molecule is CCCC(=O)N(C1CC1)C(F)(F)F. The Kier molecular flexibility index (Phi) is 2.83. The molecule has 0 unspecified atom stereocenters. The number of amides is 1. The quantitative estimate of drug-likeness (QED) is 0.633. The van der Waals surface area contributed by atoms with E-state index < -0.39 is 18.2 Å². The number of carbonyl (C=O) groups excluding carboxylic acids is 1. The minimum atomic E-state index is -4.49. The largest absolute Gasteiger partial charge is 0.487 e. The fourth-order valence-electron chi connectivity index (χ4n) is 1.22. The van der Waals surface area contributed by atoms with Gasteiger partial charge in [0.25, 0.3) is 0 Å². The van der Waals surface area contributed by atoms with Gasteiger partial charge < -0.3 is 0 Å². The molecule has 2 nitrogen and oxygen atoms in total. The Labute approximate surface area is 74.7 Å². The van der Waals surface area contributed by atoms with Crippen molar-refractivity contribution in [1.82, 2.24) is 4.90 Å². The van der Waals surface area contributed by atoms with Gasteiger partial charge >= 0.3 is 6.30 Å². The molecule has 76 valence electrons. The van der Waals surface area contributed by atoms with E-state index in [0.29, 0.717) is 19.3 Å². The monoisotopic (exact) mass is 195 g/mol. The number of alkyl halides is 3. The zero-order chi connectivity index (χ0) is 10.1. The van der Waals surface area contributed by atoms with Gasteiger partial charge in [-0.05, 0) is 19.3 Å². The van der Waals surface area contributed by atoms with Crippen molar-refractivity contribution in [2.24, 2.45) is 0 Å². The molecule has 0 aromatic carbocycles. The van der Waals surface area contributed by atoms with Gasteiger partial charge in [0.1, 0.15) is 0 Å². The topological polar surface area (TPSA) is 20.3 Å². The molecule has 0 saturated heterocycles.